The van der Waals surface area contributed by atoms with Gasteiger partial charge in [-0.25, -0.2) is 0 Å². The molecular formula is C12H19NO3S2. The molecule has 6 heteroatoms. The second-order valence-corrected chi connectivity index (χ2v) is 7.41. The molecule has 0 amide bonds. The summed E-state index contributed by atoms with van der Waals surface area (Å²) in [5, 5.41) is 3.15. The van der Waals surface area contributed by atoms with Crippen LogP contribution in [0.25, 0.3) is 0 Å². The van der Waals surface area contributed by atoms with E-state index in [1.54, 1.807) is 0 Å². The summed E-state index contributed by atoms with van der Waals surface area (Å²) in [6.45, 7) is 1.47. The van der Waals surface area contributed by atoms with Gasteiger partial charge >= 0.3 is 9.15 Å². The summed E-state index contributed by atoms with van der Waals surface area (Å²) in [6, 6.07) is 10.3. The molecule has 0 heterocycles. The van der Waals surface area contributed by atoms with Crippen molar-refractivity contribution in [3.05, 3.63) is 35.9 Å². The lowest BCUT2D eigenvalue weighted by molar-refractivity contribution is 0.503. The lowest BCUT2D eigenvalue weighted by Crippen LogP contribution is -2.19. The average Bonchev–Trinajstić information content (AvgIpc) is 2.32. The third kappa shape index (κ3) is 8.52. The number of hydrogen-bond donors (Lipinski definition) is 2. The Bertz CT molecular complexity index is 420. The maximum absolute atomic E-state index is 10.4. The highest BCUT2D eigenvalue weighted by atomic mass is 33.1. The SMILES string of the molecule is O=S(=O)(O)SCCNCCCCc1ccccc1. The molecule has 0 aromatic heterocycles. The van der Waals surface area contributed by atoms with Crippen LogP contribution in [0.3, 0.4) is 0 Å². The highest BCUT2D eigenvalue weighted by Gasteiger charge is 2.03. The van der Waals surface area contributed by atoms with Gasteiger partial charge in [0.2, 0.25) is 0 Å². The van der Waals surface area contributed by atoms with Gasteiger partial charge in [0.05, 0.1) is 0 Å². The van der Waals surface area contributed by atoms with Crippen molar-refractivity contribution in [1.29, 1.82) is 0 Å². The summed E-state index contributed by atoms with van der Waals surface area (Å²) in [5.41, 5.74) is 1.35. The summed E-state index contributed by atoms with van der Waals surface area (Å²) in [7, 11) is -3.32. The monoisotopic (exact) mass is 289 g/mol. The second-order valence-electron chi connectivity index (χ2n) is 3.94. The minimum Gasteiger partial charge on any atom is -0.316 e. The van der Waals surface area contributed by atoms with Crippen LogP contribution in [0.15, 0.2) is 30.3 Å². The number of hydrogen-bond acceptors (Lipinski definition) is 4. The van der Waals surface area contributed by atoms with Gasteiger partial charge in [-0.1, -0.05) is 30.3 Å². The molecule has 0 aliphatic carbocycles. The lowest BCUT2D eigenvalue weighted by Gasteiger charge is -2.04. The maximum atomic E-state index is 10.4. The highest BCUT2D eigenvalue weighted by Crippen LogP contribution is 2.07. The van der Waals surface area contributed by atoms with Crippen molar-refractivity contribution in [2.45, 2.75) is 19.3 Å². The van der Waals surface area contributed by atoms with Crippen molar-refractivity contribution in [3.63, 3.8) is 0 Å². The fourth-order valence-corrected chi connectivity index (χ4v) is 2.89. The Morgan fingerprint density at radius 2 is 1.83 bits per heavy atom. The largest absolute Gasteiger partial charge is 0.319 e. The van der Waals surface area contributed by atoms with Crippen molar-refractivity contribution in [1.82, 2.24) is 5.32 Å². The van der Waals surface area contributed by atoms with Crippen LogP contribution in [-0.2, 0) is 15.6 Å². The molecule has 18 heavy (non-hydrogen) atoms. The summed E-state index contributed by atoms with van der Waals surface area (Å²) in [6.07, 6.45) is 3.25. The Hall–Kier alpha value is -0.560. The third-order valence-corrected chi connectivity index (χ3v) is 4.49. The minimum atomic E-state index is -3.88. The highest BCUT2D eigenvalue weighted by molar-refractivity contribution is 8.69. The minimum absolute atomic E-state index is 0.373. The van der Waals surface area contributed by atoms with E-state index < -0.39 is 9.15 Å². The Balaban J connectivity index is 1.93. The van der Waals surface area contributed by atoms with Crippen molar-refractivity contribution >= 4 is 19.9 Å². The van der Waals surface area contributed by atoms with Crippen LogP contribution in [0.2, 0.25) is 0 Å². The summed E-state index contributed by atoms with van der Waals surface area (Å²) in [5.74, 6) is 0.373. The zero-order valence-electron chi connectivity index (χ0n) is 10.2. The lowest BCUT2D eigenvalue weighted by atomic mass is 10.1. The molecule has 0 bridgehead atoms. The molecule has 0 saturated carbocycles. The van der Waals surface area contributed by atoms with Crippen molar-refractivity contribution in [2.24, 2.45) is 0 Å². The van der Waals surface area contributed by atoms with Gasteiger partial charge in [-0.15, -0.1) is 0 Å². The predicted molar refractivity (Wildman–Crippen MR) is 76.3 cm³/mol. The average molecular weight is 289 g/mol. The van der Waals surface area contributed by atoms with Gasteiger partial charge in [-0.2, -0.15) is 8.42 Å². The normalized spacial score (nSPS) is 11.6. The quantitative estimate of drug-likeness (QED) is 0.414. The fraction of sp³-hybridized carbons (Fsp3) is 0.500. The molecule has 0 fully saturated rings. The zero-order valence-corrected chi connectivity index (χ0v) is 11.8. The zero-order chi connectivity index (χ0) is 13.3. The molecule has 0 spiro atoms. The van der Waals surface area contributed by atoms with Gasteiger partial charge in [-0.3, -0.25) is 4.55 Å². The number of aryl methyl sites for hydroxylation is 1. The predicted octanol–water partition coefficient (Wildman–Crippen LogP) is 2.13. The van der Waals surface area contributed by atoms with Crippen molar-refractivity contribution in [2.75, 3.05) is 18.8 Å². The molecule has 1 aromatic rings. The summed E-state index contributed by atoms with van der Waals surface area (Å²) < 4.78 is 29.3. The Morgan fingerprint density at radius 1 is 1.11 bits per heavy atom. The van der Waals surface area contributed by atoms with E-state index in [2.05, 4.69) is 17.4 Å². The van der Waals surface area contributed by atoms with Gasteiger partial charge < -0.3 is 5.32 Å². The van der Waals surface area contributed by atoms with Crippen LogP contribution in [-0.4, -0.2) is 31.8 Å². The molecule has 0 atom stereocenters. The molecule has 1 rings (SSSR count). The molecule has 0 radical (unpaired) electrons. The smallest absolute Gasteiger partial charge is 0.316 e. The van der Waals surface area contributed by atoms with E-state index in [9.17, 15) is 8.42 Å². The number of benzene rings is 1. The molecular weight excluding hydrogens is 270 g/mol. The van der Waals surface area contributed by atoms with E-state index >= 15 is 0 Å². The van der Waals surface area contributed by atoms with E-state index in [4.69, 9.17) is 4.55 Å². The van der Waals surface area contributed by atoms with Gasteiger partial charge in [0.15, 0.2) is 0 Å². The molecule has 102 valence electrons. The standard InChI is InChI=1S/C12H19NO3S2/c14-18(15,16)17-11-10-13-9-5-4-8-12-6-2-1-3-7-12/h1-3,6-7,13H,4-5,8-11H2,(H,14,15,16). The molecule has 0 saturated heterocycles. The van der Waals surface area contributed by atoms with E-state index in [1.165, 1.54) is 5.56 Å². The van der Waals surface area contributed by atoms with Gasteiger partial charge in [0.25, 0.3) is 0 Å². The topological polar surface area (TPSA) is 66.4 Å². The van der Waals surface area contributed by atoms with Crippen LogP contribution in [0, 0.1) is 0 Å². The van der Waals surface area contributed by atoms with Gasteiger partial charge in [-0.05, 0) is 42.2 Å². The van der Waals surface area contributed by atoms with E-state index in [0.717, 1.165) is 25.8 Å². The molecule has 0 aliphatic heterocycles. The summed E-state index contributed by atoms with van der Waals surface area (Å²) >= 11 is 0. The number of rotatable bonds is 9. The Morgan fingerprint density at radius 3 is 2.50 bits per heavy atom. The molecule has 0 aliphatic rings. The first-order valence-corrected chi connectivity index (χ1v) is 8.89. The van der Waals surface area contributed by atoms with E-state index in [1.807, 2.05) is 18.2 Å². The fourth-order valence-electron chi connectivity index (χ4n) is 1.57. The molecule has 4 nitrogen and oxygen atoms in total. The van der Waals surface area contributed by atoms with Crippen molar-refractivity contribution in [3.8, 4) is 0 Å². The maximum Gasteiger partial charge on any atom is 0.319 e. The van der Waals surface area contributed by atoms with E-state index in [0.29, 0.717) is 23.1 Å². The van der Waals surface area contributed by atoms with Crippen LogP contribution in [0.1, 0.15) is 18.4 Å². The Kier molecular flexibility index (Phi) is 7.34. The second kappa shape index (κ2) is 8.53. The van der Waals surface area contributed by atoms with Gasteiger partial charge in [0, 0.05) is 12.3 Å². The van der Waals surface area contributed by atoms with Crippen LogP contribution in [0.5, 0.6) is 0 Å². The molecule has 1 aromatic carbocycles. The van der Waals surface area contributed by atoms with Crippen LogP contribution < -0.4 is 5.32 Å². The van der Waals surface area contributed by atoms with Crippen LogP contribution >= 0.6 is 10.8 Å². The van der Waals surface area contributed by atoms with Crippen LogP contribution in [0.4, 0.5) is 0 Å². The Labute approximate surface area is 112 Å². The van der Waals surface area contributed by atoms with Crippen molar-refractivity contribution < 1.29 is 13.0 Å². The molecule has 2 N–H and O–H groups in total. The van der Waals surface area contributed by atoms with Gasteiger partial charge in [0.1, 0.15) is 0 Å². The first-order valence-electron chi connectivity index (χ1n) is 5.94. The number of nitrogens with one attached hydrogen (secondary N) is 1. The first-order chi connectivity index (χ1) is 8.58. The molecule has 0 unspecified atom stereocenters. The first kappa shape index (κ1) is 15.5. The van der Waals surface area contributed by atoms with E-state index in [-0.39, 0.29) is 0 Å². The third-order valence-electron chi connectivity index (χ3n) is 2.42. The summed E-state index contributed by atoms with van der Waals surface area (Å²) in [4.78, 5) is 0. The number of unbranched alkanes of at least 4 members (excludes halogenated alkanes) is 1.